The van der Waals surface area contributed by atoms with Crippen LogP contribution < -0.4 is 5.32 Å². The summed E-state index contributed by atoms with van der Waals surface area (Å²) < 4.78 is 0. The van der Waals surface area contributed by atoms with Gasteiger partial charge < -0.3 is 10.2 Å². The molecule has 2 aliphatic rings. The van der Waals surface area contributed by atoms with Crippen molar-refractivity contribution in [3.8, 4) is 0 Å². The van der Waals surface area contributed by atoms with E-state index in [1.165, 1.54) is 5.56 Å². The first-order valence-corrected chi connectivity index (χ1v) is 9.46. The fourth-order valence-electron chi connectivity index (χ4n) is 4.22. The van der Waals surface area contributed by atoms with Crippen LogP contribution in [0.25, 0.3) is 0 Å². The Morgan fingerprint density at radius 1 is 1.12 bits per heavy atom. The Morgan fingerprint density at radius 3 is 2.68 bits per heavy atom. The highest BCUT2D eigenvalue weighted by Gasteiger charge is 2.37. The van der Waals surface area contributed by atoms with Gasteiger partial charge in [0.05, 0.1) is 5.92 Å². The molecule has 1 heterocycles. The third-order valence-electron chi connectivity index (χ3n) is 5.47. The summed E-state index contributed by atoms with van der Waals surface area (Å²) in [6.07, 6.45) is 3.83. The Kier molecular flexibility index (Phi) is 6.08. The summed E-state index contributed by atoms with van der Waals surface area (Å²) in [5, 5.41) is 3.11. The summed E-state index contributed by atoms with van der Waals surface area (Å²) in [7, 11) is 0. The van der Waals surface area contributed by atoms with Gasteiger partial charge in [-0.1, -0.05) is 36.8 Å². The molecule has 1 saturated carbocycles. The molecular formula is C20H29N3O2. The molecular weight excluding hydrogens is 314 g/mol. The first-order chi connectivity index (χ1) is 12.1. The molecule has 25 heavy (non-hydrogen) atoms. The van der Waals surface area contributed by atoms with E-state index < -0.39 is 0 Å². The van der Waals surface area contributed by atoms with Crippen molar-refractivity contribution in [1.82, 2.24) is 15.1 Å². The monoisotopic (exact) mass is 343 g/mol. The lowest BCUT2D eigenvalue weighted by Gasteiger charge is -2.32. The van der Waals surface area contributed by atoms with E-state index in [1.807, 2.05) is 11.0 Å². The van der Waals surface area contributed by atoms with Crippen molar-refractivity contribution in [1.29, 1.82) is 0 Å². The van der Waals surface area contributed by atoms with E-state index in [9.17, 15) is 9.59 Å². The third-order valence-corrected chi connectivity index (χ3v) is 5.47. The molecule has 1 aliphatic carbocycles. The zero-order chi connectivity index (χ0) is 17.6. The molecule has 0 radical (unpaired) electrons. The SMILES string of the molecule is CC(=O)N1CCCN(Cc2ccccc2)CCNC(=O)C2CCCC21. The second kappa shape index (κ2) is 8.48. The number of hydrogen-bond donors (Lipinski definition) is 1. The molecule has 3 rings (SSSR count). The highest BCUT2D eigenvalue weighted by Crippen LogP contribution is 2.30. The summed E-state index contributed by atoms with van der Waals surface area (Å²) in [6.45, 7) is 5.71. The summed E-state index contributed by atoms with van der Waals surface area (Å²) in [5.41, 5.74) is 1.28. The lowest BCUT2D eigenvalue weighted by atomic mass is 10.0. The van der Waals surface area contributed by atoms with Crippen molar-refractivity contribution in [2.75, 3.05) is 26.2 Å². The topological polar surface area (TPSA) is 52.7 Å². The predicted octanol–water partition coefficient (Wildman–Crippen LogP) is 2.03. The molecule has 0 bridgehead atoms. The molecule has 1 saturated heterocycles. The molecule has 5 nitrogen and oxygen atoms in total. The molecule has 1 aromatic rings. The Bertz CT molecular complexity index is 590. The molecule has 2 atom stereocenters. The molecule has 0 aromatic heterocycles. The van der Waals surface area contributed by atoms with E-state index in [4.69, 9.17) is 0 Å². The predicted molar refractivity (Wildman–Crippen MR) is 97.9 cm³/mol. The van der Waals surface area contributed by atoms with E-state index in [2.05, 4.69) is 34.5 Å². The number of benzene rings is 1. The zero-order valence-corrected chi connectivity index (χ0v) is 15.1. The van der Waals surface area contributed by atoms with Gasteiger partial charge in [-0.25, -0.2) is 0 Å². The molecule has 5 heteroatoms. The Morgan fingerprint density at radius 2 is 1.92 bits per heavy atom. The average Bonchev–Trinajstić information content (AvgIpc) is 3.07. The van der Waals surface area contributed by atoms with Crippen LogP contribution in [0.3, 0.4) is 0 Å². The van der Waals surface area contributed by atoms with Crippen molar-refractivity contribution < 1.29 is 9.59 Å². The third kappa shape index (κ3) is 4.60. The van der Waals surface area contributed by atoms with Gasteiger partial charge in [-0.3, -0.25) is 14.5 Å². The highest BCUT2D eigenvalue weighted by atomic mass is 16.2. The van der Waals surface area contributed by atoms with E-state index in [0.29, 0.717) is 6.54 Å². The molecule has 1 aromatic carbocycles. The fourth-order valence-corrected chi connectivity index (χ4v) is 4.22. The van der Waals surface area contributed by atoms with Crippen LogP contribution in [-0.2, 0) is 16.1 Å². The minimum atomic E-state index is -0.0374. The Balaban J connectivity index is 1.69. The second-order valence-corrected chi connectivity index (χ2v) is 7.22. The van der Waals surface area contributed by atoms with Crippen molar-refractivity contribution in [2.45, 2.75) is 45.2 Å². The lowest BCUT2D eigenvalue weighted by Crippen LogP contribution is -2.46. The molecule has 0 spiro atoms. The first kappa shape index (κ1) is 17.9. The van der Waals surface area contributed by atoms with Gasteiger partial charge in [-0.05, 0) is 24.8 Å². The number of amides is 2. The molecule has 136 valence electrons. The van der Waals surface area contributed by atoms with Crippen LogP contribution in [-0.4, -0.2) is 53.8 Å². The minimum Gasteiger partial charge on any atom is -0.355 e. The summed E-state index contributed by atoms with van der Waals surface area (Å²) >= 11 is 0. The van der Waals surface area contributed by atoms with Crippen molar-refractivity contribution >= 4 is 11.8 Å². The van der Waals surface area contributed by atoms with E-state index >= 15 is 0 Å². The smallest absolute Gasteiger partial charge is 0.225 e. The standard InChI is InChI=1S/C20H29N3O2/c1-16(24)23-13-6-12-22(15-17-7-3-2-4-8-17)14-11-21-20(25)18-9-5-10-19(18)23/h2-4,7-8,18-19H,5-6,9-15H2,1H3,(H,21,25). The Hall–Kier alpha value is -1.88. The number of fused-ring (bicyclic) bond motifs is 1. The van der Waals surface area contributed by atoms with E-state index in [1.54, 1.807) is 6.92 Å². The van der Waals surface area contributed by atoms with Gasteiger partial charge in [0, 0.05) is 45.7 Å². The van der Waals surface area contributed by atoms with Gasteiger partial charge in [0.2, 0.25) is 11.8 Å². The molecule has 1 N–H and O–H groups in total. The van der Waals surface area contributed by atoms with Gasteiger partial charge in [-0.2, -0.15) is 0 Å². The molecule has 1 aliphatic heterocycles. The Labute approximate surface area is 150 Å². The van der Waals surface area contributed by atoms with E-state index in [0.717, 1.165) is 51.9 Å². The number of hydrogen-bond acceptors (Lipinski definition) is 3. The van der Waals surface area contributed by atoms with Gasteiger partial charge >= 0.3 is 0 Å². The van der Waals surface area contributed by atoms with Gasteiger partial charge in [0.1, 0.15) is 0 Å². The molecule has 2 fully saturated rings. The van der Waals surface area contributed by atoms with Crippen LogP contribution in [0.1, 0.15) is 38.2 Å². The van der Waals surface area contributed by atoms with Crippen LogP contribution in [0.2, 0.25) is 0 Å². The van der Waals surface area contributed by atoms with Crippen LogP contribution in [0.4, 0.5) is 0 Å². The largest absolute Gasteiger partial charge is 0.355 e. The van der Waals surface area contributed by atoms with Crippen LogP contribution in [0.5, 0.6) is 0 Å². The second-order valence-electron chi connectivity index (χ2n) is 7.22. The first-order valence-electron chi connectivity index (χ1n) is 9.46. The van der Waals surface area contributed by atoms with Crippen molar-refractivity contribution in [2.24, 2.45) is 5.92 Å². The maximum Gasteiger partial charge on any atom is 0.225 e. The van der Waals surface area contributed by atoms with Gasteiger partial charge in [0.15, 0.2) is 0 Å². The van der Waals surface area contributed by atoms with Gasteiger partial charge in [-0.15, -0.1) is 0 Å². The summed E-state index contributed by atoms with van der Waals surface area (Å²) in [6, 6.07) is 10.5. The number of rotatable bonds is 2. The number of nitrogens with one attached hydrogen (secondary N) is 1. The maximum atomic E-state index is 12.6. The molecule has 2 amide bonds. The normalized spacial score (nSPS) is 25.8. The number of nitrogens with zero attached hydrogens (tertiary/aromatic N) is 2. The summed E-state index contributed by atoms with van der Waals surface area (Å²) in [5.74, 6) is 0.179. The average molecular weight is 343 g/mol. The van der Waals surface area contributed by atoms with Gasteiger partial charge in [0.25, 0.3) is 0 Å². The molecule has 2 unspecified atom stereocenters. The maximum absolute atomic E-state index is 12.6. The van der Waals surface area contributed by atoms with Crippen LogP contribution in [0.15, 0.2) is 30.3 Å². The van der Waals surface area contributed by atoms with Crippen molar-refractivity contribution in [3.05, 3.63) is 35.9 Å². The number of carbonyl (C=O) groups is 2. The quantitative estimate of drug-likeness (QED) is 0.894. The minimum absolute atomic E-state index is 0.0374. The zero-order valence-electron chi connectivity index (χ0n) is 15.1. The van der Waals surface area contributed by atoms with Crippen molar-refractivity contribution in [3.63, 3.8) is 0 Å². The fraction of sp³-hybridized carbons (Fsp3) is 0.600. The van der Waals surface area contributed by atoms with Crippen LogP contribution >= 0.6 is 0 Å². The summed E-state index contributed by atoms with van der Waals surface area (Å²) in [4.78, 5) is 29.1. The van der Waals surface area contributed by atoms with Crippen LogP contribution in [0, 0.1) is 5.92 Å². The van der Waals surface area contributed by atoms with E-state index in [-0.39, 0.29) is 23.8 Å². The lowest BCUT2D eigenvalue weighted by molar-refractivity contribution is -0.134. The highest BCUT2D eigenvalue weighted by molar-refractivity contribution is 5.81. The number of carbonyl (C=O) groups excluding carboxylic acids is 2.